The Kier molecular flexibility index (Phi) is 7.68. The molecule has 6 nitrogen and oxygen atoms in total. The van der Waals surface area contributed by atoms with Gasteiger partial charge in [-0.25, -0.2) is 4.79 Å². The normalized spacial score (nSPS) is 12.0. The molecule has 0 aliphatic rings. The Labute approximate surface area is 142 Å². The SMILES string of the molecule is COC(=O)C(CC(C)C)NC(=O)/C=C/c1ccc(NC(C)=O)cc1. The Morgan fingerprint density at radius 1 is 1.17 bits per heavy atom. The maximum atomic E-state index is 12.0. The molecule has 6 heteroatoms. The lowest BCUT2D eigenvalue weighted by Crippen LogP contribution is -2.41. The van der Waals surface area contributed by atoms with E-state index in [2.05, 4.69) is 10.6 Å². The molecular formula is C18H24N2O4. The molecule has 24 heavy (non-hydrogen) atoms. The lowest BCUT2D eigenvalue weighted by atomic mass is 10.0. The Bertz CT molecular complexity index is 606. The second-order valence-corrected chi connectivity index (χ2v) is 5.85. The zero-order valence-electron chi connectivity index (χ0n) is 14.5. The number of rotatable bonds is 7. The molecule has 0 saturated carbocycles. The van der Waals surface area contributed by atoms with E-state index in [0.29, 0.717) is 12.1 Å². The van der Waals surface area contributed by atoms with Gasteiger partial charge in [0.25, 0.3) is 0 Å². The van der Waals surface area contributed by atoms with Crippen LogP contribution in [0.4, 0.5) is 5.69 Å². The number of esters is 1. The van der Waals surface area contributed by atoms with Crippen LogP contribution in [0.1, 0.15) is 32.8 Å². The summed E-state index contributed by atoms with van der Waals surface area (Å²) in [5, 5.41) is 5.32. The minimum atomic E-state index is -0.658. The van der Waals surface area contributed by atoms with Crippen molar-refractivity contribution in [3.63, 3.8) is 0 Å². The van der Waals surface area contributed by atoms with Crippen molar-refractivity contribution in [1.29, 1.82) is 0 Å². The quantitative estimate of drug-likeness (QED) is 0.593. The van der Waals surface area contributed by atoms with Crippen LogP contribution in [0.25, 0.3) is 6.08 Å². The summed E-state index contributed by atoms with van der Waals surface area (Å²) in [5.41, 5.74) is 1.49. The molecule has 0 bridgehead atoms. The second-order valence-electron chi connectivity index (χ2n) is 5.85. The van der Waals surface area contributed by atoms with Gasteiger partial charge in [-0.3, -0.25) is 9.59 Å². The summed E-state index contributed by atoms with van der Waals surface area (Å²) in [6, 6.07) is 6.39. The molecule has 0 saturated heterocycles. The molecule has 1 atom stereocenters. The molecule has 2 amide bonds. The van der Waals surface area contributed by atoms with Crippen molar-refractivity contribution in [2.75, 3.05) is 12.4 Å². The number of hydrogen-bond acceptors (Lipinski definition) is 4. The van der Waals surface area contributed by atoms with E-state index in [0.717, 1.165) is 5.56 Å². The summed E-state index contributed by atoms with van der Waals surface area (Å²) >= 11 is 0. The highest BCUT2D eigenvalue weighted by Crippen LogP contribution is 2.11. The van der Waals surface area contributed by atoms with Crippen LogP contribution in [0.15, 0.2) is 30.3 Å². The fraction of sp³-hybridized carbons (Fsp3) is 0.389. The van der Waals surface area contributed by atoms with Gasteiger partial charge in [-0.05, 0) is 36.1 Å². The van der Waals surface area contributed by atoms with E-state index < -0.39 is 12.0 Å². The summed E-state index contributed by atoms with van der Waals surface area (Å²) in [7, 11) is 1.30. The number of methoxy groups -OCH3 is 1. The summed E-state index contributed by atoms with van der Waals surface area (Å²) in [4.78, 5) is 34.6. The van der Waals surface area contributed by atoms with Crippen molar-refractivity contribution in [2.45, 2.75) is 33.2 Å². The molecule has 0 heterocycles. The van der Waals surface area contributed by atoms with E-state index >= 15 is 0 Å². The van der Waals surface area contributed by atoms with E-state index in [1.165, 1.54) is 20.1 Å². The molecule has 0 radical (unpaired) electrons. The Morgan fingerprint density at radius 3 is 2.29 bits per heavy atom. The van der Waals surface area contributed by atoms with E-state index in [-0.39, 0.29) is 17.7 Å². The first kappa shape index (κ1) is 19.4. The van der Waals surface area contributed by atoms with Crippen molar-refractivity contribution in [1.82, 2.24) is 5.32 Å². The zero-order chi connectivity index (χ0) is 18.1. The van der Waals surface area contributed by atoms with Crippen LogP contribution in [-0.2, 0) is 19.1 Å². The van der Waals surface area contributed by atoms with Crippen LogP contribution in [-0.4, -0.2) is 30.9 Å². The molecule has 0 spiro atoms. The molecule has 0 aromatic heterocycles. The number of carbonyl (C=O) groups excluding carboxylic acids is 3. The zero-order valence-corrected chi connectivity index (χ0v) is 14.5. The van der Waals surface area contributed by atoms with Crippen LogP contribution in [0.2, 0.25) is 0 Å². The highest BCUT2D eigenvalue weighted by atomic mass is 16.5. The lowest BCUT2D eigenvalue weighted by molar-refractivity contribution is -0.145. The van der Waals surface area contributed by atoms with Gasteiger partial charge in [0.2, 0.25) is 11.8 Å². The number of ether oxygens (including phenoxy) is 1. The first-order chi connectivity index (χ1) is 11.3. The summed E-state index contributed by atoms with van der Waals surface area (Å²) < 4.78 is 4.71. The molecule has 0 aliphatic carbocycles. The molecule has 0 aliphatic heterocycles. The van der Waals surface area contributed by atoms with Crippen molar-refractivity contribution in [3.05, 3.63) is 35.9 Å². The Hall–Kier alpha value is -2.63. The van der Waals surface area contributed by atoms with Gasteiger partial charge in [0.05, 0.1) is 7.11 Å². The van der Waals surface area contributed by atoms with Gasteiger partial charge in [-0.1, -0.05) is 26.0 Å². The van der Waals surface area contributed by atoms with Gasteiger partial charge in [0.15, 0.2) is 0 Å². The standard InChI is InChI=1S/C18H24N2O4/c1-12(2)11-16(18(23)24-4)20-17(22)10-7-14-5-8-15(9-6-14)19-13(3)21/h5-10,12,16H,11H2,1-4H3,(H,19,21)(H,20,22)/b10-7+. The van der Waals surface area contributed by atoms with Gasteiger partial charge in [0.1, 0.15) is 6.04 Å². The third-order valence-electron chi connectivity index (χ3n) is 3.17. The summed E-state index contributed by atoms with van der Waals surface area (Å²) in [6.07, 6.45) is 3.51. The second kappa shape index (κ2) is 9.50. The van der Waals surface area contributed by atoms with Crippen molar-refractivity contribution >= 4 is 29.5 Å². The minimum absolute atomic E-state index is 0.142. The lowest BCUT2D eigenvalue weighted by Gasteiger charge is -2.17. The van der Waals surface area contributed by atoms with Crippen molar-refractivity contribution in [2.24, 2.45) is 5.92 Å². The molecule has 2 N–H and O–H groups in total. The first-order valence-electron chi connectivity index (χ1n) is 7.76. The number of anilines is 1. The number of amides is 2. The van der Waals surface area contributed by atoms with Crippen molar-refractivity contribution < 1.29 is 19.1 Å². The van der Waals surface area contributed by atoms with E-state index in [9.17, 15) is 14.4 Å². The van der Waals surface area contributed by atoms with Crippen LogP contribution in [0.3, 0.4) is 0 Å². The molecular weight excluding hydrogens is 308 g/mol. The van der Waals surface area contributed by atoms with Crippen LogP contribution in [0.5, 0.6) is 0 Å². The molecule has 1 rings (SSSR count). The predicted molar refractivity (Wildman–Crippen MR) is 93.2 cm³/mol. The maximum absolute atomic E-state index is 12.0. The van der Waals surface area contributed by atoms with Gasteiger partial charge >= 0.3 is 5.97 Å². The fourth-order valence-corrected chi connectivity index (χ4v) is 2.10. The van der Waals surface area contributed by atoms with E-state index in [1.807, 2.05) is 13.8 Å². The number of nitrogens with one attached hydrogen (secondary N) is 2. The van der Waals surface area contributed by atoms with Gasteiger partial charge in [0, 0.05) is 18.7 Å². The fourth-order valence-electron chi connectivity index (χ4n) is 2.10. The van der Waals surface area contributed by atoms with Gasteiger partial charge in [-0.15, -0.1) is 0 Å². The van der Waals surface area contributed by atoms with Crippen LogP contribution < -0.4 is 10.6 Å². The smallest absolute Gasteiger partial charge is 0.328 e. The third kappa shape index (κ3) is 7.09. The molecule has 0 fully saturated rings. The van der Waals surface area contributed by atoms with E-state index in [1.54, 1.807) is 30.3 Å². The van der Waals surface area contributed by atoms with E-state index in [4.69, 9.17) is 4.74 Å². The molecule has 1 unspecified atom stereocenters. The maximum Gasteiger partial charge on any atom is 0.328 e. The highest BCUT2D eigenvalue weighted by molar-refractivity contribution is 5.94. The molecule has 1 aromatic carbocycles. The average Bonchev–Trinajstić information content (AvgIpc) is 2.52. The van der Waals surface area contributed by atoms with Crippen molar-refractivity contribution in [3.8, 4) is 0 Å². The molecule has 1 aromatic rings. The van der Waals surface area contributed by atoms with Gasteiger partial charge < -0.3 is 15.4 Å². The predicted octanol–water partition coefficient (Wildman–Crippen LogP) is 2.36. The minimum Gasteiger partial charge on any atom is -0.467 e. The molecule has 130 valence electrons. The van der Waals surface area contributed by atoms with Crippen LogP contribution >= 0.6 is 0 Å². The number of carbonyl (C=O) groups is 3. The average molecular weight is 332 g/mol. The third-order valence-corrected chi connectivity index (χ3v) is 3.17. The Morgan fingerprint density at radius 2 is 1.79 bits per heavy atom. The monoisotopic (exact) mass is 332 g/mol. The number of hydrogen-bond donors (Lipinski definition) is 2. The largest absolute Gasteiger partial charge is 0.467 e. The highest BCUT2D eigenvalue weighted by Gasteiger charge is 2.21. The Balaban J connectivity index is 2.66. The van der Waals surface area contributed by atoms with Gasteiger partial charge in [-0.2, -0.15) is 0 Å². The van der Waals surface area contributed by atoms with Crippen LogP contribution in [0, 0.1) is 5.92 Å². The number of benzene rings is 1. The first-order valence-corrected chi connectivity index (χ1v) is 7.76. The topological polar surface area (TPSA) is 84.5 Å². The summed E-state index contributed by atoms with van der Waals surface area (Å²) in [6.45, 7) is 5.37. The summed E-state index contributed by atoms with van der Waals surface area (Å²) in [5.74, 6) is -0.710.